The van der Waals surface area contributed by atoms with Crippen molar-refractivity contribution < 1.29 is 0 Å². The van der Waals surface area contributed by atoms with Crippen LogP contribution in [0.2, 0.25) is 0 Å². The van der Waals surface area contributed by atoms with Crippen molar-refractivity contribution in [1.82, 2.24) is 0 Å². The van der Waals surface area contributed by atoms with Crippen molar-refractivity contribution in [2.45, 2.75) is 19.6 Å². The van der Waals surface area contributed by atoms with E-state index in [1.807, 2.05) is 12.1 Å². The second kappa shape index (κ2) is 8.98. The van der Waals surface area contributed by atoms with Gasteiger partial charge in [0.2, 0.25) is 0 Å². The van der Waals surface area contributed by atoms with Crippen LogP contribution in [0.1, 0.15) is 11.1 Å². The van der Waals surface area contributed by atoms with Gasteiger partial charge in [-0.1, -0.05) is 84.2 Å². The summed E-state index contributed by atoms with van der Waals surface area (Å²) in [7, 11) is 0. The minimum absolute atomic E-state index is 1.22. The summed E-state index contributed by atoms with van der Waals surface area (Å²) in [6, 6.07) is 38.4. The van der Waals surface area contributed by atoms with Gasteiger partial charge in [0.15, 0.2) is 0 Å². The molecule has 0 aromatic heterocycles. The van der Waals surface area contributed by atoms with Crippen LogP contribution in [0.3, 0.4) is 0 Å². The standard InChI is InChI=1S/C25H19S2/c1-3-7-22(8-4-1)26-24-15-11-20(12-16-24)19-21-13-17-25(18-14-21)27-23-9-5-2-6-10-23/h1-19H. The summed E-state index contributed by atoms with van der Waals surface area (Å²) < 4.78 is 0. The quantitative estimate of drug-likeness (QED) is 0.336. The van der Waals surface area contributed by atoms with Crippen LogP contribution in [0, 0.1) is 6.42 Å². The van der Waals surface area contributed by atoms with Crippen molar-refractivity contribution in [3.8, 4) is 0 Å². The molecule has 0 fully saturated rings. The normalized spacial score (nSPS) is 10.7. The molecule has 0 aliphatic rings. The van der Waals surface area contributed by atoms with Gasteiger partial charge in [-0.2, -0.15) is 0 Å². The van der Waals surface area contributed by atoms with Crippen LogP contribution in [0.15, 0.2) is 129 Å². The van der Waals surface area contributed by atoms with Crippen molar-refractivity contribution in [3.63, 3.8) is 0 Å². The first kappa shape index (κ1) is 18.0. The monoisotopic (exact) mass is 383 g/mol. The highest BCUT2D eigenvalue weighted by Crippen LogP contribution is 2.29. The molecule has 0 unspecified atom stereocenters. The third-order valence-corrected chi connectivity index (χ3v) is 6.08. The Morgan fingerprint density at radius 1 is 0.370 bits per heavy atom. The lowest BCUT2D eigenvalue weighted by molar-refractivity contribution is 1.34. The van der Waals surface area contributed by atoms with E-state index in [9.17, 15) is 0 Å². The zero-order valence-corrected chi connectivity index (χ0v) is 16.4. The molecule has 131 valence electrons. The molecule has 4 aromatic rings. The molecule has 1 radical (unpaired) electrons. The van der Waals surface area contributed by atoms with E-state index in [-0.39, 0.29) is 0 Å². The van der Waals surface area contributed by atoms with Crippen molar-refractivity contribution in [3.05, 3.63) is 127 Å². The molecule has 0 bridgehead atoms. The minimum atomic E-state index is 1.22. The summed E-state index contributed by atoms with van der Waals surface area (Å²) in [5.74, 6) is 0. The molecule has 0 saturated heterocycles. The molecule has 4 aromatic carbocycles. The summed E-state index contributed by atoms with van der Waals surface area (Å²) in [4.78, 5) is 5.04. The Morgan fingerprint density at radius 2 is 0.704 bits per heavy atom. The molecule has 4 rings (SSSR count). The smallest absolute Gasteiger partial charge is 0.0199 e. The highest BCUT2D eigenvalue weighted by Gasteiger charge is 2.01. The predicted molar refractivity (Wildman–Crippen MR) is 117 cm³/mol. The maximum atomic E-state index is 2.22. The Hall–Kier alpha value is -2.42. The van der Waals surface area contributed by atoms with Crippen LogP contribution in [-0.2, 0) is 0 Å². The molecule has 0 heterocycles. The van der Waals surface area contributed by atoms with Gasteiger partial charge in [0, 0.05) is 26.0 Å². The molecule has 0 aliphatic heterocycles. The van der Waals surface area contributed by atoms with Gasteiger partial charge < -0.3 is 0 Å². The van der Waals surface area contributed by atoms with E-state index in [0.717, 1.165) is 0 Å². The Kier molecular flexibility index (Phi) is 5.98. The van der Waals surface area contributed by atoms with Crippen LogP contribution in [-0.4, -0.2) is 0 Å². The van der Waals surface area contributed by atoms with Crippen molar-refractivity contribution >= 4 is 23.5 Å². The molecule has 27 heavy (non-hydrogen) atoms. The first-order valence-electron chi connectivity index (χ1n) is 8.86. The summed E-state index contributed by atoms with van der Waals surface area (Å²) in [5.41, 5.74) is 2.44. The van der Waals surface area contributed by atoms with E-state index >= 15 is 0 Å². The Balaban J connectivity index is 1.37. The lowest BCUT2D eigenvalue weighted by atomic mass is 10.1. The molecule has 0 amide bonds. The second-order valence-electron chi connectivity index (χ2n) is 6.11. The maximum absolute atomic E-state index is 2.22. The van der Waals surface area contributed by atoms with Crippen LogP contribution in [0.5, 0.6) is 0 Å². The third-order valence-electron chi connectivity index (χ3n) is 4.05. The van der Waals surface area contributed by atoms with Crippen LogP contribution < -0.4 is 0 Å². The van der Waals surface area contributed by atoms with Gasteiger partial charge in [-0.05, 0) is 59.7 Å². The summed E-state index contributed by atoms with van der Waals surface area (Å²) in [6.45, 7) is 0. The van der Waals surface area contributed by atoms with Gasteiger partial charge in [-0.25, -0.2) is 0 Å². The largest absolute Gasteiger partial charge is 0.0901 e. The molecule has 0 atom stereocenters. The zero-order chi connectivity index (χ0) is 18.3. The Labute approximate surface area is 169 Å². The highest BCUT2D eigenvalue weighted by molar-refractivity contribution is 7.99. The van der Waals surface area contributed by atoms with Gasteiger partial charge in [0.25, 0.3) is 0 Å². The minimum Gasteiger partial charge on any atom is -0.0901 e. The summed E-state index contributed by atoms with van der Waals surface area (Å²) >= 11 is 3.58. The van der Waals surface area contributed by atoms with E-state index in [1.165, 1.54) is 30.7 Å². The van der Waals surface area contributed by atoms with E-state index in [1.54, 1.807) is 23.5 Å². The highest BCUT2D eigenvalue weighted by atomic mass is 32.2. The number of rotatable bonds is 6. The molecule has 0 nitrogen and oxygen atoms in total. The molecular weight excluding hydrogens is 364 g/mol. The van der Waals surface area contributed by atoms with Crippen molar-refractivity contribution in [1.29, 1.82) is 0 Å². The zero-order valence-electron chi connectivity index (χ0n) is 14.8. The van der Waals surface area contributed by atoms with Crippen LogP contribution in [0.25, 0.3) is 0 Å². The topological polar surface area (TPSA) is 0 Å². The first-order chi connectivity index (χ1) is 13.3. The fourth-order valence-electron chi connectivity index (χ4n) is 2.71. The van der Waals surface area contributed by atoms with Crippen molar-refractivity contribution in [2.75, 3.05) is 0 Å². The lowest BCUT2D eigenvalue weighted by Gasteiger charge is -2.06. The first-order valence-corrected chi connectivity index (χ1v) is 10.5. The fraction of sp³-hybridized carbons (Fsp3) is 0. The molecular formula is C25H19S2. The van der Waals surface area contributed by atoms with Gasteiger partial charge >= 0.3 is 0 Å². The average Bonchev–Trinajstić information content (AvgIpc) is 2.73. The van der Waals surface area contributed by atoms with E-state index in [4.69, 9.17) is 0 Å². The fourth-order valence-corrected chi connectivity index (χ4v) is 4.38. The SMILES string of the molecule is [CH](c1ccc(Sc2ccccc2)cc1)c1ccc(Sc2ccccc2)cc1. The lowest BCUT2D eigenvalue weighted by Crippen LogP contribution is -1.85. The van der Waals surface area contributed by atoms with Gasteiger partial charge in [0.05, 0.1) is 0 Å². The van der Waals surface area contributed by atoms with Gasteiger partial charge in [-0.15, -0.1) is 0 Å². The predicted octanol–water partition coefficient (Wildman–Crippen LogP) is 7.59. The molecule has 0 aliphatic carbocycles. The Morgan fingerprint density at radius 3 is 1.07 bits per heavy atom. The second-order valence-corrected chi connectivity index (χ2v) is 8.41. The molecule has 0 N–H and O–H groups in total. The third kappa shape index (κ3) is 5.29. The Bertz CT molecular complexity index is 877. The summed E-state index contributed by atoms with van der Waals surface area (Å²) in [5, 5.41) is 0. The number of hydrogen-bond acceptors (Lipinski definition) is 2. The maximum Gasteiger partial charge on any atom is 0.0199 e. The molecule has 2 heteroatoms. The van der Waals surface area contributed by atoms with E-state index < -0.39 is 0 Å². The molecule has 0 spiro atoms. The summed E-state index contributed by atoms with van der Waals surface area (Å²) in [6.07, 6.45) is 2.22. The van der Waals surface area contributed by atoms with E-state index in [2.05, 4.69) is 103 Å². The van der Waals surface area contributed by atoms with E-state index in [0.29, 0.717) is 0 Å². The molecule has 0 saturated carbocycles. The van der Waals surface area contributed by atoms with Crippen LogP contribution >= 0.6 is 23.5 Å². The average molecular weight is 384 g/mol. The number of benzene rings is 4. The van der Waals surface area contributed by atoms with Crippen LogP contribution in [0.4, 0.5) is 0 Å². The number of hydrogen-bond donors (Lipinski definition) is 0. The van der Waals surface area contributed by atoms with Gasteiger partial charge in [-0.3, -0.25) is 0 Å². The van der Waals surface area contributed by atoms with Gasteiger partial charge in [0.1, 0.15) is 0 Å². The van der Waals surface area contributed by atoms with Crippen molar-refractivity contribution in [2.24, 2.45) is 0 Å².